The molecule has 0 aromatic heterocycles. The molecule has 5 nitrogen and oxygen atoms in total. The van der Waals surface area contributed by atoms with Crippen LogP contribution in [0, 0.1) is 0 Å². The molecule has 0 saturated carbocycles. The van der Waals surface area contributed by atoms with Gasteiger partial charge in [-0.1, -0.05) is 62.1 Å². The van der Waals surface area contributed by atoms with Gasteiger partial charge >= 0.3 is 0 Å². The molecule has 0 spiro atoms. The van der Waals surface area contributed by atoms with Crippen molar-refractivity contribution in [1.82, 2.24) is 9.80 Å². The molecule has 0 bridgehead atoms. The van der Waals surface area contributed by atoms with E-state index in [0.29, 0.717) is 23.8 Å². The normalized spacial score (nSPS) is 13.7. The van der Waals surface area contributed by atoms with Gasteiger partial charge in [-0.15, -0.1) is 0 Å². The van der Waals surface area contributed by atoms with Crippen molar-refractivity contribution in [1.29, 1.82) is 0 Å². The second kappa shape index (κ2) is 7.48. The Morgan fingerprint density at radius 1 is 0.889 bits per heavy atom. The molecule has 0 aliphatic carbocycles. The number of amides is 3. The van der Waals surface area contributed by atoms with Crippen LogP contribution in [0.2, 0.25) is 19.6 Å². The van der Waals surface area contributed by atoms with E-state index in [1.807, 2.05) is 30.3 Å². The number of hydrogen-bond donors (Lipinski definition) is 0. The van der Waals surface area contributed by atoms with Gasteiger partial charge in [0.1, 0.15) is 6.54 Å². The largest absolute Gasteiger partial charge is 0.340 e. The number of nitrogens with zero attached hydrogens (tertiary/aromatic N) is 2. The summed E-state index contributed by atoms with van der Waals surface area (Å²) < 4.78 is 0. The maximum absolute atomic E-state index is 13.0. The van der Waals surface area contributed by atoms with E-state index in [9.17, 15) is 14.4 Å². The van der Waals surface area contributed by atoms with Crippen molar-refractivity contribution in [3.8, 4) is 0 Å². The van der Waals surface area contributed by atoms with Crippen LogP contribution >= 0.6 is 0 Å². The molecule has 0 fully saturated rings. The van der Waals surface area contributed by atoms with Crippen molar-refractivity contribution in [3.05, 3.63) is 71.3 Å². The van der Waals surface area contributed by atoms with Gasteiger partial charge in [0, 0.05) is 12.7 Å². The summed E-state index contributed by atoms with van der Waals surface area (Å²) in [5, 5.41) is 0. The van der Waals surface area contributed by atoms with Crippen LogP contribution in [0.1, 0.15) is 26.3 Å². The highest BCUT2D eigenvalue weighted by Crippen LogP contribution is 2.22. The van der Waals surface area contributed by atoms with E-state index in [1.165, 1.54) is 0 Å². The molecule has 0 N–H and O–H groups in total. The number of hydrogen-bond acceptors (Lipinski definition) is 3. The summed E-state index contributed by atoms with van der Waals surface area (Å²) in [5.41, 5.74) is 1.77. The third-order valence-electron chi connectivity index (χ3n) is 4.41. The first-order valence-electron chi connectivity index (χ1n) is 9.03. The van der Waals surface area contributed by atoms with Crippen molar-refractivity contribution in [2.45, 2.75) is 26.2 Å². The fourth-order valence-corrected chi connectivity index (χ4v) is 4.66. The molecular formula is C21H24N2O3Si. The summed E-state index contributed by atoms with van der Waals surface area (Å²) in [5.74, 6) is -0.982. The molecule has 0 unspecified atom stereocenters. The van der Waals surface area contributed by atoms with E-state index in [4.69, 9.17) is 0 Å². The van der Waals surface area contributed by atoms with Gasteiger partial charge in [0.25, 0.3) is 11.8 Å². The van der Waals surface area contributed by atoms with E-state index in [1.54, 1.807) is 29.2 Å². The predicted molar refractivity (Wildman–Crippen MR) is 107 cm³/mol. The van der Waals surface area contributed by atoms with Crippen LogP contribution in [0.15, 0.2) is 54.6 Å². The Hall–Kier alpha value is -2.73. The molecular weight excluding hydrogens is 356 g/mol. The fraction of sp³-hybridized carbons (Fsp3) is 0.286. The first-order valence-corrected chi connectivity index (χ1v) is 12.7. The Labute approximate surface area is 160 Å². The van der Waals surface area contributed by atoms with Crippen molar-refractivity contribution < 1.29 is 14.4 Å². The minimum absolute atomic E-state index is 0.198. The number of fused-ring (bicyclic) bond motifs is 1. The zero-order valence-electron chi connectivity index (χ0n) is 15.9. The summed E-state index contributed by atoms with van der Waals surface area (Å²) in [6.45, 7) is 6.84. The highest BCUT2D eigenvalue weighted by atomic mass is 28.3. The Balaban J connectivity index is 1.78. The van der Waals surface area contributed by atoms with E-state index in [0.717, 1.165) is 10.5 Å². The lowest BCUT2D eigenvalue weighted by atomic mass is 10.1. The van der Waals surface area contributed by atoms with Crippen molar-refractivity contribution >= 4 is 25.8 Å². The fourth-order valence-electron chi connectivity index (χ4n) is 3.23. The van der Waals surface area contributed by atoms with Crippen LogP contribution in [0.4, 0.5) is 0 Å². The Morgan fingerprint density at radius 3 is 1.93 bits per heavy atom. The summed E-state index contributed by atoms with van der Waals surface area (Å²) in [4.78, 5) is 41.0. The third-order valence-corrected chi connectivity index (χ3v) is 5.74. The Bertz CT molecular complexity index is 839. The molecule has 1 aliphatic heterocycles. The molecule has 2 aromatic carbocycles. The topological polar surface area (TPSA) is 57.7 Å². The molecule has 1 heterocycles. The lowest BCUT2D eigenvalue weighted by Gasteiger charge is -2.30. The first-order chi connectivity index (χ1) is 12.8. The number of benzene rings is 2. The highest BCUT2D eigenvalue weighted by molar-refractivity contribution is 6.76. The predicted octanol–water partition coefficient (Wildman–Crippen LogP) is 3.19. The van der Waals surface area contributed by atoms with Gasteiger partial charge in [0.05, 0.1) is 19.2 Å². The molecule has 3 rings (SSSR count). The lowest BCUT2D eigenvalue weighted by Crippen LogP contribution is -2.48. The zero-order chi connectivity index (χ0) is 19.6. The van der Waals surface area contributed by atoms with E-state index in [-0.39, 0.29) is 12.5 Å². The van der Waals surface area contributed by atoms with E-state index >= 15 is 0 Å². The van der Waals surface area contributed by atoms with Gasteiger partial charge in [-0.2, -0.15) is 0 Å². The van der Waals surface area contributed by atoms with Gasteiger partial charge in [0.15, 0.2) is 0 Å². The molecule has 27 heavy (non-hydrogen) atoms. The van der Waals surface area contributed by atoms with Crippen molar-refractivity contribution in [2.24, 2.45) is 0 Å². The molecule has 1 aliphatic rings. The average Bonchev–Trinajstić information content (AvgIpc) is 2.86. The maximum atomic E-state index is 13.0. The van der Waals surface area contributed by atoms with Crippen LogP contribution < -0.4 is 0 Å². The Morgan fingerprint density at radius 2 is 1.41 bits per heavy atom. The quantitative estimate of drug-likeness (QED) is 0.571. The average molecular weight is 381 g/mol. The van der Waals surface area contributed by atoms with E-state index in [2.05, 4.69) is 19.6 Å². The van der Waals surface area contributed by atoms with Crippen LogP contribution in [-0.4, -0.2) is 48.3 Å². The molecule has 0 saturated heterocycles. The number of carbonyl (C=O) groups is 3. The van der Waals surface area contributed by atoms with Gasteiger partial charge in [-0.3, -0.25) is 19.3 Å². The number of carbonyl (C=O) groups excluding carboxylic acids is 3. The lowest BCUT2D eigenvalue weighted by molar-refractivity contribution is -0.131. The summed E-state index contributed by atoms with van der Waals surface area (Å²) >= 11 is 0. The van der Waals surface area contributed by atoms with Crippen LogP contribution in [-0.2, 0) is 11.3 Å². The van der Waals surface area contributed by atoms with Gasteiger partial charge in [-0.05, 0) is 17.7 Å². The molecule has 140 valence electrons. The first kappa shape index (κ1) is 19.0. The van der Waals surface area contributed by atoms with Crippen LogP contribution in [0.25, 0.3) is 0 Å². The van der Waals surface area contributed by atoms with Crippen LogP contribution in [0.3, 0.4) is 0 Å². The molecule has 0 atom stereocenters. The minimum atomic E-state index is -1.57. The zero-order valence-corrected chi connectivity index (χ0v) is 16.9. The van der Waals surface area contributed by atoms with Crippen molar-refractivity contribution in [2.75, 3.05) is 12.7 Å². The van der Waals surface area contributed by atoms with Gasteiger partial charge < -0.3 is 4.90 Å². The molecule has 2 aromatic rings. The minimum Gasteiger partial charge on any atom is -0.340 e. The smallest absolute Gasteiger partial charge is 0.262 e. The third kappa shape index (κ3) is 4.34. The standard InChI is InChI=1S/C21H24N2O3Si/c1-27(2,3)15-22(13-16-9-5-4-6-10-16)19(24)14-23-20(25)17-11-7-8-12-18(17)21(23)26/h4-12H,13-15H2,1-3H3. The molecule has 0 radical (unpaired) electrons. The van der Waals surface area contributed by atoms with Gasteiger partial charge in [0.2, 0.25) is 5.91 Å². The second-order valence-electron chi connectivity index (χ2n) is 8.04. The number of imide groups is 1. The molecule has 6 heteroatoms. The summed E-state index contributed by atoms with van der Waals surface area (Å²) in [6, 6.07) is 16.5. The summed E-state index contributed by atoms with van der Waals surface area (Å²) in [6.07, 6.45) is 0.671. The van der Waals surface area contributed by atoms with Crippen molar-refractivity contribution in [3.63, 3.8) is 0 Å². The van der Waals surface area contributed by atoms with E-state index < -0.39 is 19.9 Å². The molecule has 3 amide bonds. The second-order valence-corrected chi connectivity index (χ2v) is 13.5. The Kier molecular flexibility index (Phi) is 5.28. The SMILES string of the molecule is C[Si](C)(C)CN(Cc1ccccc1)C(=O)CN1C(=O)c2ccccc2C1=O. The van der Waals surface area contributed by atoms with Crippen LogP contribution in [0.5, 0.6) is 0 Å². The maximum Gasteiger partial charge on any atom is 0.262 e. The number of rotatable bonds is 6. The highest BCUT2D eigenvalue weighted by Gasteiger charge is 2.37. The van der Waals surface area contributed by atoms with Gasteiger partial charge in [-0.25, -0.2) is 0 Å². The summed E-state index contributed by atoms with van der Waals surface area (Å²) in [7, 11) is -1.57. The monoisotopic (exact) mass is 380 g/mol.